The first-order valence-corrected chi connectivity index (χ1v) is 12.3. The van der Waals surface area contributed by atoms with Crippen molar-refractivity contribution in [2.75, 3.05) is 34.6 Å². The number of sulfonamides is 1. The van der Waals surface area contributed by atoms with Crippen LogP contribution in [-0.2, 0) is 16.4 Å². The Labute approximate surface area is 186 Å². The number of benzene rings is 2. The van der Waals surface area contributed by atoms with Crippen LogP contribution < -0.4 is 14.9 Å². The van der Waals surface area contributed by atoms with Crippen LogP contribution in [-0.4, -0.2) is 38.0 Å². The molecule has 4 aromatic rings. The Morgan fingerprint density at radius 1 is 1.13 bits per heavy atom. The van der Waals surface area contributed by atoms with Crippen LogP contribution in [0.5, 0.6) is 0 Å². The van der Waals surface area contributed by atoms with Crippen molar-refractivity contribution in [3.05, 3.63) is 71.9 Å². The summed E-state index contributed by atoms with van der Waals surface area (Å²) >= 11 is 1.26. The molecule has 31 heavy (non-hydrogen) atoms. The van der Waals surface area contributed by atoms with E-state index in [0.717, 1.165) is 53.9 Å². The highest BCUT2D eigenvalue weighted by molar-refractivity contribution is 7.93. The van der Waals surface area contributed by atoms with Crippen LogP contribution in [0.15, 0.2) is 71.2 Å². The van der Waals surface area contributed by atoms with Gasteiger partial charge in [0.05, 0.1) is 22.3 Å². The first-order chi connectivity index (χ1) is 15.1. The number of rotatable bonds is 7. The number of anilines is 3. The summed E-state index contributed by atoms with van der Waals surface area (Å²) in [6, 6.07) is 15.5. The lowest BCUT2D eigenvalue weighted by molar-refractivity contribution is 0.601. The summed E-state index contributed by atoms with van der Waals surface area (Å²) in [6.45, 7) is 2.46. The summed E-state index contributed by atoms with van der Waals surface area (Å²) in [5.41, 5.74) is 4.12. The molecule has 1 aliphatic rings. The van der Waals surface area contributed by atoms with Crippen LogP contribution in [0, 0.1) is 0 Å². The van der Waals surface area contributed by atoms with Gasteiger partial charge in [0, 0.05) is 43.7 Å². The topological polar surface area (TPSA) is 87.2 Å². The fourth-order valence-corrected chi connectivity index (χ4v) is 5.64. The van der Waals surface area contributed by atoms with Crippen LogP contribution in [0.3, 0.4) is 0 Å². The lowest BCUT2D eigenvalue weighted by Gasteiger charge is -2.20. The molecule has 9 heteroatoms. The summed E-state index contributed by atoms with van der Waals surface area (Å²) in [5, 5.41) is 6.66. The summed E-state index contributed by atoms with van der Waals surface area (Å²) < 4.78 is 27.8. The van der Waals surface area contributed by atoms with Gasteiger partial charge in [-0.05, 0) is 42.3 Å². The van der Waals surface area contributed by atoms with Gasteiger partial charge in [-0.25, -0.2) is 13.4 Å². The van der Waals surface area contributed by atoms with Gasteiger partial charge >= 0.3 is 0 Å². The van der Waals surface area contributed by atoms with Crippen molar-refractivity contribution in [1.82, 2.24) is 9.97 Å². The van der Waals surface area contributed by atoms with Crippen LogP contribution in [0.4, 0.5) is 16.5 Å². The number of nitrogens with one attached hydrogen (secondary N) is 2. The number of thiazole rings is 1. The van der Waals surface area contributed by atoms with Gasteiger partial charge in [0.2, 0.25) is 0 Å². The predicted molar refractivity (Wildman–Crippen MR) is 128 cm³/mol. The molecule has 2 aromatic carbocycles. The van der Waals surface area contributed by atoms with E-state index in [4.69, 9.17) is 0 Å². The minimum atomic E-state index is -3.63. The number of nitrogens with zero attached hydrogens (tertiary/aromatic N) is 3. The first-order valence-electron chi connectivity index (χ1n) is 9.97. The molecule has 1 aliphatic heterocycles. The third-order valence-corrected chi connectivity index (χ3v) is 7.46. The highest BCUT2D eigenvalue weighted by atomic mass is 32.2. The second-order valence-corrected chi connectivity index (χ2v) is 9.89. The molecular weight excluding hydrogens is 430 g/mol. The van der Waals surface area contributed by atoms with Gasteiger partial charge in [0.1, 0.15) is 0 Å². The van der Waals surface area contributed by atoms with Gasteiger partial charge in [-0.15, -0.1) is 11.3 Å². The van der Waals surface area contributed by atoms with Gasteiger partial charge in [-0.1, -0.05) is 18.2 Å². The Balaban J connectivity index is 0.00000245. The number of aromatic nitrogens is 2. The maximum Gasteiger partial charge on any atom is 0.263 e. The molecule has 0 atom stereocenters. The summed E-state index contributed by atoms with van der Waals surface area (Å²) in [5.74, 6) is 0. The molecule has 0 radical (unpaired) electrons. The molecular formula is C22H23N5O2S2. The number of fused-ring (bicyclic) bond motifs is 2. The fraction of sp³-hybridized carbons (Fsp3) is 0.182. The van der Waals surface area contributed by atoms with Crippen molar-refractivity contribution < 1.29 is 9.84 Å². The summed E-state index contributed by atoms with van der Waals surface area (Å²) in [4.78, 5) is 11.0. The van der Waals surface area contributed by atoms with E-state index in [1.54, 1.807) is 23.7 Å². The molecule has 0 aliphatic carbocycles. The van der Waals surface area contributed by atoms with Gasteiger partial charge < -0.3 is 10.2 Å². The molecule has 0 saturated carbocycles. The summed E-state index contributed by atoms with van der Waals surface area (Å²) in [7, 11) is -3.63. The minimum Gasteiger partial charge on any atom is -0.382 e. The van der Waals surface area contributed by atoms with Crippen LogP contribution in [0.1, 0.15) is 6.99 Å². The number of para-hydroxylation sites is 1. The molecule has 0 unspecified atom stereocenters. The van der Waals surface area contributed by atoms with E-state index >= 15 is 0 Å². The first kappa shape index (κ1) is 19.8. The smallest absolute Gasteiger partial charge is 0.263 e. The Morgan fingerprint density at radius 2 is 2.03 bits per heavy atom. The van der Waals surface area contributed by atoms with Gasteiger partial charge in [-0.3, -0.25) is 9.71 Å². The quantitative estimate of drug-likeness (QED) is 0.436. The maximum atomic E-state index is 12.6. The van der Waals surface area contributed by atoms with Crippen molar-refractivity contribution >= 4 is 48.8 Å². The molecule has 3 heterocycles. The van der Waals surface area contributed by atoms with E-state index in [9.17, 15) is 8.42 Å². The van der Waals surface area contributed by atoms with Crippen molar-refractivity contribution in [1.29, 1.82) is 0 Å². The molecule has 2 N–H and O–H groups in total. The Morgan fingerprint density at radius 3 is 2.90 bits per heavy atom. The lowest BCUT2D eigenvalue weighted by atomic mass is 10.2. The van der Waals surface area contributed by atoms with Crippen LogP contribution in [0.25, 0.3) is 10.9 Å². The standard InChI is InChI=1S/C22H21N5O2S2.H2/c28-31(29,26-22-24-9-12-30-22)19-5-6-21-17(14-19)7-10-27(21)11-8-23-18-13-16-3-1-2-4-20(16)25-15-18;/h1-6,9,12-15,23H,7-8,10-11H2,(H,24,26);1H. The highest BCUT2D eigenvalue weighted by Gasteiger charge is 2.23. The summed E-state index contributed by atoms with van der Waals surface area (Å²) in [6.07, 6.45) is 4.26. The number of hydrogen-bond donors (Lipinski definition) is 2. The van der Waals surface area contributed by atoms with E-state index in [1.165, 1.54) is 11.3 Å². The minimum absolute atomic E-state index is 0. The van der Waals surface area contributed by atoms with Crippen LogP contribution in [0.2, 0.25) is 0 Å². The van der Waals surface area contributed by atoms with Gasteiger partial charge in [0.25, 0.3) is 10.0 Å². The largest absolute Gasteiger partial charge is 0.382 e. The normalized spacial score (nSPS) is 13.4. The average Bonchev–Trinajstić information content (AvgIpc) is 3.43. The Bertz CT molecular complexity index is 1330. The molecule has 0 bridgehead atoms. The Kier molecular flexibility index (Phi) is 5.21. The zero-order valence-electron chi connectivity index (χ0n) is 16.7. The van der Waals surface area contributed by atoms with Crippen molar-refractivity contribution in [3.8, 4) is 0 Å². The van der Waals surface area contributed by atoms with E-state index in [1.807, 2.05) is 30.5 Å². The second-order valence-electron chi connectivity index (χ2n) is 7.31. The second kappa shape index (κ2) is 8.16. The zero-order chi connectivity index (χ0) is 21.3. The van der Waals surface area contributed by atoms with Crippen molar-refractivity contribution in [3.63, 3.8) is 0 Å². The SMILES string of the molecule is O=S(=O)(Nc1nccs1)c1ccc2c(c1)CCN2CCNc1cnc2ccccc2c1.[HH]. The predicted octanol–water partition coefficient (Wildman–Crippen LogP) is 4.21. The highest BCUT2D eigenvalue weighted by Crippen LogP contribution is 2.30. The van der Waals surface area contributed by atoms with Crippen LogP contribution >= 0.6 is 11.3 Å². The molecule has 0 amide bonds. The molecule has 2 aromatic heterocycles. The van der Waals surface area contributed by atoms with Crippen molar-refractivity contribution in [2.24, 2.45) is 0 Å². The van der Waals surface area contributed by atoms with Crippen molar-refractivity contribution in [2.45, 2.75) is 11.3 Å². The van der Waals surface area contributed by atoms with E-state index in [2.05, 4.69) is 37.0 Å². The van der Waals surface area contributed by atoms with E-state index in [0.29, 0.717) is 5.13 Å². The average molecular weight is 454 g/mol. The third-order valence-electron chi connectivity index (χ3n) is 5.31. The molecule has 5 rings (SSSR count). The molecule has 160 valence electrons. The fourth-order valence-electron chi connectivity index (χ4n) is 3.80. The third kappa shape index (κ3) is 4.19. The number of pyridine rings is 1. The van der Waals surface area contributed by atoms with Gasteiger partial charge in [0.15, 0.2) is 5.13 Å². The monoisotopic (exact) mass is 453 g/mol. The molecule has 7 nitrogen and oxygen atoms in total. The van der Waals surface area contributed by atoms with E-state index < -0.39 is 10.0 Å². The van der Waals surface area contributed by atoms with Gasteiger partial charge in [-0.2, -0.15) is 0 Å². The lowest BCUT2D eigenvalue weighted by Crippen LogP contribution is -2.27. The van der Waals surface area contributed by atoms with E-state index in [-0.39, 0.29) is 6.32 Å². The molecule has 0 fully saturated rings. The zero-order valence-corrected chi connectivity index (χ0v) is 18.3. The number of hydrogen-bond acceptors (Lipinski definition) is 7. The maximum absolute atomic E-state index is 12.6. The molecule has 0 saturated heterocycles. The Hall–Kier alpha value is -3.17. The molecule has 0 spiro atoms.